The summed E-state index contributed by atoms with van der Waals surface area (Å²) >= 11 is 0. The molecule has 0 unspecified atom stereocenters. The maximum absolute atomic E-state index is 12.5. The van der Waals surface area contributed by atoms with Crippen molar-refractivity contribution in [2.24, 2.45) is 5.92 Å². The third kappa shape index (κ3) is 6.92. The largest absolute Gasteiger partial charge is 0.493 e. The van der Waals surface area contributed by atoms with E-state index in [4.69, 9.17) is 9.47 Å². The number of aromatic nitrogens is 1. The Morgan fingerprint density at radius 3 is 2.53 bits per heavy atom. The highest BCUT2D eigenvalue weighted by molar-refractivity contribution is 5.94. The van der Waals surface area contributed by atoms with Gasteiger partial charge < -0.3 is 14.8 Å². The lowest BCUT2D eigenvalue weighted by atomic mass is 10.1. The number of ether oxygens (including phenoxy) is 2. The van der Waals surface area contributed by atoms with Gasteiger partial charge in [-0.15, -0.1) is 0 Å². The van der Waals surface area contributed by atoms with Gasteiger partial charge in [0, 0.05) is 30.1 Å². The number of amides is 1. The van der Waals surface area contributed by atoms with Crippen LogP contribution < -0.4 is 14.8 Å². The summed E-state index contributed by atoms with van der Waals surface area (Å²) in [6.07, 6.45) is 4.25. The van der Waals surface area contributed by atoms with E-state index in [1.54, 1.807) is 24.5 Å². The quantitative estimate of drug-likeness (QED) is 0.534. The van der Waals surface area contributed by atoms with Crippen LogP contribution >= 0.6 is 0 Å². The Bertz CT molecular complexity index is 925. The summed E-state index contributed by atoms with van der Waals surface area (Å²) in [7, 11) is 0. The lowest BCUT2D eigenvalue weighted by Gasteiger charge is -2.10. The number of rotatable bonds is 10. The molecule has 3 rings (SSSR count). The first-order valence-corrected chi connectivity index (χ1v) is 10.2. The van der Waals surface area contributed by atoms with E-state index in [2.05, 4.69) is 24.1 Å². The zero-order valence-corrected chi connectivity index (χ0v) is 17.5. The molecule has 0 aliphatic carbocycles. The van der Waals surface area contributed by atoms with E-state index in [9.17, 15) is 4.79 Å². The highest BCUT2D eigenvalue weighted by Gasteiger charge is 2.07. The van der Waals surface area contributed by atoms with E-state index in [1.165, 1.54) is 0 Å². The number of benzene rings is 2. The fourth-order valence-electron chi connectivity index (χ4n) is 2.81. The van der Waals surface area contributed by atoms with Gasteiger partial charge in [0.15, 0.2) is 0 Å². The first kappa shape index (κ1) is 21.4. The number of hydrogen-bond donors (Lipinski definition) is 1. The van der Waals surface area contributed by atoms with Crippen LogP contribution in [0.2, 0.25) is 0 Å². The average Bonchev–Trinajstić information content (AvgIpc) is 2.78. The maximum Gasteiger partial charge on any atom is 0.251 e. The molecule has 1 N–H and O–H groups in total. The predicted octanol–water partition coefficient (Wildman–Crippen LogP) is 4.67. The Hall–Kier alpha value is -3.34. The molecular weight excluding hydrogens is 376 g/mol. The van der Waals surface area contributed by atoms with Crippen LogP contribution in [-0.2, 0) is 13.0 Å². The molecule has 0 fully saturated rings. The minimum Gasteiger partial charge on any atom is -0.493 e. The molecular formula is C25H28N2O3. The summed E-state index contributed by atoms with van der Waals surface area (Å²) in [6, 6.07) is 19.1. The molecule has 1 amide bonds. The van der Waals surface area contributed by atoms with E-state index >= 15 is 0 Å². The van der Waals surface area contributed by atoms with Crippen molar-refractivity contribution in [3.05, 3.63) is 89.7 Å². The summed E-state index contributed by atoms with van der Waals surface area (Å²) in [5.74, 6) is 1.92. The lowest BCUT2D eigenvalue weighted by Crippen LogP contribution is -2.25. The van der Waals surface area contributed by atoms with E-state index in [0.29, 0.717) is 37.0 Å². The Morgan fingerprint density at radius 2 is 1.80 bits per heavy atom. The topological polar surface area (TPSA) is 60.5 Å². The molecule has 3 aromatic rings. The number of carbonyl (C=O) groups is 1. The van der Waals surface area contributed by atoms with E-state index in [0.717, 1.165) is 23.3 Å². The highest BCUT2D eigenvalue weighted by atomic mass is 16.5. The second kappa shape index (κ2) is 11.0. The molecule has 1 aromatic heterocycles. The van der Waals surface area contributed by atoms with E-state index in [1.807, 2.05) is 48.5 Å². The van der Waals surface area contributed by atoms with Gasteiger partial charge in [-0.05, 0) is 54.3 Å². The van der Waals surface area contributed by atoms with Crippen molar-refractivity contribution in [1.82, 2.24) is 10.3 Å². The van der Waals surface area contributed by atoms with Gasteiger partial charge in [-0.2, -0.15) is 0 Å². The highest BCUT2D eigenvalue weighted by Crippen LogP contribution is 2.16. The SMILES string of the molecule is CC(C)COc1ccc(CCNC(=O)c2cccc(OCc3cccnc3)c2)cc1. The lowest BCUT2D eigenvalue weighted by molar-refractivity contribution is 0.0953. The molecule has 2 aromatic carbocycles. The molecule has 0 saturated carbocycles. The molecule has 0 radical (unpaired) electrons. The molecule has 0 aliphatic heterocycles. The maximum atomic E-state index is 12.5. The molecule has 156 valence electrons. The van der Waals surface area contributed by atoms with Gasteiger partial charge in [0.1, 0.15) is 18.1 Å². The van der Waals surface area contributed by atoms with Crippen LogP contribution in [-0.4, -0.2) is 24.0 Å². The summed E-state index contributed by atoms with van der Waals surface area (Å²) in [4.78, 5) is 16.5. The molecule has 0 saturated heterocycles. The number of nitrogens with zero attached hydrogens (tertiary/aromatic N) is 1. The van der Waals surface area contributed by atoms with Crippen molar-refractivity contribution < 1.29 is 14.3 Å². The van der Waals surface area contributed by atoms with Crippen LogP contribution in [0.1, 0.15) is 35.3 Å². The van der Waals surface area contributed by atoms with E-state index < -0.39 is 0 Å². The minimum absolute atomic E-state index is 0.112. The molecule has 30 heavy (non-hydrogen) atoms. The molecule has 0 spiro atoms. The van der Waals surface area contributed by atoms with Gasteiger partial charge in [-0.25, -0.2) is 0 Å². The smallest absolute Gasteiger partial charge is 0.251 e. The number of carbonyl (C=O) groups excluding carboxylic acids is 1. The van der Waals surface area contributed by atoms with Crippen molar-refractivity contribution in [3.63, 3.8) is 0 Å². The van der Waals surface area contributed by atoms with Crippen molar-refractivity contribution >= 4 is 5.91 Å². The van der Waals surface area contributed by atoms with Crippen molar-refractivity contribution in [2.45, 2.75) is 26.9 Å². The third-order valence-corrected chi connectivity index (χ3v) is 4.43. The fourth-order valence-corrected chi connectivity index (χ4v) is 2.81. The Morgan fingerprint density at radius 1 is 0.967 bits per heavy atom. The van der Waals surface area contributed by atoms with Crippen molar-refractivity contribution in [3.8, 4) is 11.5 Å². The number of nitrogens with one attached hydrogen (secondary N) is 1. The van der Waals surface area contributed by atoms with Gasteiger partial charge in [-0.3, -0.25) is 9.78 Å². The normalized spacial score (nSPS) is 10.6. The molecule has 5 nitrogen and oxygen atoms in total. The van der Waals surface area contributed by atoms with E-state index in [-0.39, 0.29) is 5.91 Å². The van der Waals surface area contributed by atoms with Crippen LogP contribution in [0.25, 0.3) is 0 Å². The molecule has 5 heteroatoms. The molecule has 0 atom stereocenters. The molecule has 1 heterocycles. The number of hydrogen-bond acceptors (Lipinski definition) is 4. The summed E-state index contributed by atoms with van der Waals surface area (Å²) in [5, 5.41) is 2.97. The van der Waals surface area contributed by atoms with Gasteiger partial charge in [0.05, 0.1) is 6.61 Å². The van der Waals surface area contributed by atoms with Gasteiger partial charge in [-0.1, -0.05) is 38.1 Å². The van der Waals surface area contributed by atoms with Crippen LogP contribution in [0.15, 0.2) is 73.1 Å². The number of pyridine rings is 1. The Kier molecular flexibility index (Phi) is 7.84. The van der Waals surface area contributed by atoms with Gasteiger partial charge >= 0.3 is 0 Å². The van der Waals surface area contributed by atoms with Crippen LogP contribution in [0, 0.1) is 5.92 Å². The predicted molar refractivity (Wildman–Crippen MR) is 118 cm³/mol. The second-order valence-corrected chi connectivity index (χ2v) is 7.53. The Labute approximate surface area is 178 Å². The fraction of sp³-hybridized carbons (Fsp3) is 0.280. The van der Waals surface area contributed by atoms with Crippen LogP contribution in [0.3, 0.4) is 0 Å². The molecule has 0 bridgehead atoms. The zero-order valence-electron chi connectivity index (χ0n) is 17.5. The van der Waals surface area contributed by atoms with Crippen LogP contribution in [0.5, 0.6) is 11.5 Å². The summed E-state index contributed by atoms with van der Waals surface area (Å²) < 4.78 is 11.5. The summed E-state index contributed by atoms with van der Waals surface area (Å²) in [6.45, 7) is 5.93. The standard InChI is InChI=1S/C25H28N2O3/c1-19(2)17-29-23-10-8-20(9-11-23)12-14-27-25(28)22-6-3-7-24(15-22)30-18-21-5-4-13-26-16-21/h3-11,13,15-16,19H,12,14,17-18H2,1-2H3,(H,27,28). The molecule has 0 aliphatic rings. The first-order chi connectivity index (χ1) is 14.6. The first-order valence-electron chi connectivity index (χ1n) is 10.2. The van der Waals surface area contributed by atoms with Crippen molar-refractivity contribution in [1.29, 1.82) is 0 Å². The van der Waals surface area contributed by atoms with Crippen LogP contribution in [0.4, 0.5) is 0 Å². The Balaban J connectivity index is 1.45. The summed E-state index contributed by atoms with van der Waals surface area (Å²) in [5.41, 5.74) is 2.71. The zero-order chi connectivity index (χ0) is 21.2. The monoisotopic (exact) mass is 404 g/mol. The van der Waals surface area contributed by atoms with Gasteiger partial charge in [0.2, 0.25) is 0 Å². The second-order valence-electron chi connectivity index (χ2n) is 7.53. The van der Waals surface area contributed by atoms with Crippen molar-refractivity contribution in [2.75, 3.05) is 13.2 Å². The van der Waals surface area contributed by atoms with Gasteiger partial charge in [0.25, 0.3) is 5.91 Å². The third-order valence-electron chi connectivity index (χ3n) is 4.43. The average molecular weight is 405 g/mol. The minimum atomic E-state index is -0.112.